The Morgan fingerprint density at radius 2 is 0.696 bits per heavy atom. The molecule has 0 N–H and O–H groups in total. The molecule has 0 radical (unpaired) electrons. The summed E-state index contributed by atoms with van der Waals surface area (Å²) < 4.78 is 14.3. The molecule has 0 saturated carbocycles. The van der Waals surface area contributed by atoms with Gasteiger partial charge in [-0.05, 0) is 56.7 Å². The van der Waals surface area contributed by atoms with Gasteiger partial charge in [0.15, 0.2) is 0 Å². The number of rotatable bonds is 1. The van der Waals surface area contributed by atoms with Crippen LogP contribution in [0.3, 0.4) is 0 Å². The molecule has 1 aliphatic heterocycles. The molecular formula is C23H25BN2O3S50. The second-order valence-corrected chi connectivity index (χ2v) is 96.6. The van der Waals surface area contributed by atoms with Crippen molar-refractivity contribution in [3.63, 3.8) is 0 Å². The van der Waals surface area contributed by atoms with Gasteiger partial charge >= 0.3 is 7.12 Å². The summed E-state index contributed by atoms with van der Waals surface area (Å²) >= 11 is 9.62. The Kier molecular flexibility index (Phi) is 56.3. The molecule has 448 valence electrons. The van der Waals surface area contributed by atoms with Crippen molar-refractivity contribution >= 4 is 489 Å². The molecule has 3 heterocycles. The lowest BCUT2D eigenvalue weighted by atomic mass is 9.78. The lowest BCUT2D eigenvalue weighted by molar-refractivity contribution is 0.00578. The van der Waals surface area contributed by atoms with Crippen LogP contribution < -0.4 is 11.0 Å². The zero-order valence-electron chi connectivity index (χ0n) is 36.8. The van der Waals surface area contributed by atoms with E-state index in [1.54, 1.807) is 107 Å². The lowest BCUT2D eigenvalue weighted by Crippen LogP contribution is -2.41. The average molecular weight is 1990 g/mol. The Balaban J connectivity index is 0.000000469. The Morgan fingerprint density at radius 3 is 1.00 bits per heavy atom. The Morgan fingerprint density at radius 1 is 0.405 bits per heavy atom. The van der Waals surface area contributed by atoms with E-state index in [2.05, 4.69) is 11.1 Å². The fourth-order valence-electron chi connectivity index (χ4n) is 4.25. The van der Waals surface area contributed by atoms with E-state index in [0.29, 0.717) is 11.0 Å². The van der Waals surface area contributed by atoms with E-state index in [1.807, 2.05) is 383 Å². The van der Waals surface area contributed by atoms with Crippen LogP contribution in [0.15, 0.2) is 59.5 Å². The quantitative estimate of drug-likeness (QED) is 0.214. The molecule has 0 bridgehead atoms. The Labute approximate surface area is 603 Å². The summed E-state index contributed by atoms with van der Waals surface area (Å²) in [7, 11) is 85.3. The van der Waals surface area contributed by atoms with E-state index in [4.69, 9.17) is 31.7 Å². The van der Waals surface area contributed by atoms with Crippen LogP contribution in [0, 0.1) is 0 Å². The molecule has 1 fully saturated rings. The van der Waals surface area contributed by atoms with Crippen molar-refractivity contribution < 1.29 is 9.31 Å². The second kappa shape index (κ2) is 54.5. The molecule has 5 rings (SSSR count). The number of fused-ring (bicyclic) bond motifs is 5. The fourth-order valence-corrected chi connectivity index (χ4v) is 130. The van der Waals surface area contributed by atoms with Crippen molar-refractivity contribution in [3.8, 4) is 0 Å². The van der Waals surface area contributed by atoms with Crippen molar-refractivity contribution in [2.75, 3.05) is 0 Å². The number of benzene rings is 2. The molecule has 1 saturated heterocycles. The summed E-state index contributed by atoms with van der Waals surface area (Å²) in [5, 5.41) is 2.54. The van der Waals surface area contributed by atoms with Gasteiger partial charge in [-0.3, -0.25) is 4.79 Å². The van der Waals surface area contributed by atoms with Crippen LogP contribution in [-0.4, -0.2) is 27.7 Å². The maximum atomic E-state index is 12.5. The van der Waals surface area contributed by atoms with E-state index in [1.165, 1.54) is 17.8 Å². The first-order valence-corrected chi connectivity index (χ1v) is 83.0. The number of aromatic nitrogens is 2. The standard InChI is InChI=1S/C22H21BN2O3.CH4.S50/c1-21(2)22(3,4)28-23(27-21)15-9-10-16-14(13-15)11-12-25-18-8-6-5-7-17(18)20(26)24-19(16)25;;1-3-5-7-9-11-13-15-17-19-21-23-25-27-29-31-33-35-37-39-41-43-45-47-49-50-48-46-44-42-40-38-36-34-32-30-28-26-24-22-20-18-16-14-12-10-8-6-4-2/h5-13H,1-4H3;1H4;. The van der Waals surface area contributed by atoms with E-state index in [0.717, 1.165) is 21.8 Å². The van der Waals surface area contributed by atoms with Gasteiger partial charge in [-0.15, -0.1) is 0 Å². The van der Waals surface area contributed by atoms with E-state index in [9.17, 15) is 4.79 Å². The molecule has 2 aromatic carbocycles. The topological polar surface area (TPSA) is 52.8 Å². The molecule has 5 nitrogen and oxygen atoms in total. The van der Waals surface area contributed by atoms with Gasteiger partial charge in [-0.1, -0.05) is 37.8 Å². The van der Waals surface area contributed by atoms with Crippen LogP contribution >= 0.6 is 0 Å². The summed E-state index contributed by atoms with van der Waals surface area (Å²) in [5.74, 6) is 0. The molecule has 0 atom stereocenters. The third-order valence-electron chi connectivity index (χ3n) is 7.38. The van der Waals surface area contributed by atoms with E-state index in [-0.39, 0.29) is 24.2 Å². The van der Waals surface area contributed by atoms with Crippen molar-refractivity contribution in [2.24, 2.45) is 0 Å². The normalized spacial score (nSPS) is 11.4. The molecule has 79 heavy (non-hydrogen) atoms. The third kappa shape index (κ3) is 37.8. The number of hydrogen-bond donors (Lipinski definition) is 0. The van der Waals surface area contributed by atoms with Gasteiger partial charge in [0.2, 0.25) is 0 Å². The van der Waals surface area contributed by atoms with Gasteiger partial charge in [-0.2, -0.15) is 4.98 Å². The van der Waals surface area contributed by atoms with Gasteiger partial charge in [0.1, 0.15) is 5.65 Å². The van der Waals surface area contributed by atoms with Crippen LogP contribution in [0.4, 0.5) is 0 Å². The van der Waals surface area contributed by atoms with E-state index >= 15 is 0 Å². The summed E-state index contributed by atoms with van der Waals surface area (Å²) in [5.41, 5.74) is 1.49. The number of pyridine rings is 1. The Bertz CT molecular complexity index is 5160. The lowest BCUT2D eigenvalue weighted by Gasteiger charge is -2.32. The highest BCUT2D eigenvalue weighted by Crippen LogP contribution is 2.36. The van der Waals surface area contributed by atoms with Gasteiger partial charge in [0.25, 0.3) is 5.56 Å². The summed E-state index contributed by atoms with van der Waals surface area (Å²) in [6.07, 6.45) is 1.96. The minimum absolute atomic E-state index is 0. The maximum Gasteiger partial charge on any atom is 0.494 e. The molecule has 4 aromatic rings. The zero-order valence-corrected chi connectivity index (χ0v) is 77.6. The molecule has 56 heteroatoms. The predicted molar refractivity (Wildman–Crippen MR) is 487 cm³/mol. The summed E-state index contributed by atoms with van der Waals surface area (Å²) in [4.78, 5) is 16.8. The number of nitrogens with zero attached hydrogens (tertiary/aromatic N) is 2. The first kappa shape index (κ1) is 81.5. The highest BCUT2D eigenvalue weighted by molar-refractivity contribution is 8.82. The van der Waals surface area contributed by atoms with Crippen molar-refractivity contribution in [3.05, 3.63) is 65.1 Å². The summed E-state index contributed by atoms with van der Waals surface area (Å²) in [6.45, 7) is 8.18. The smallest absolute Gasteiger partial charge is 0.399 e. The molecule has 0 unspecified atom stereocenters. The maximum absolute atomic E-state index is 12.5. The minimum atomic E-state index is -0.419. The van der Waals surface area contributed by atoms with Crippen LogP contribution in [0.5, 0.6) is 0 Å². The Hall–Kier alpha value is 8.30. The highest BCUT2D eigenvalue weighted by Gasteiger charge is 2.51. The summed E-state index contributed by atoms with van der Waals surface area (Å²) in [6, 6.07) is 15.6. The predicted octanol–water partition coefficient (Wildman–Crippen LogP) is 3.82. The number of para-hydroxylation sites is 1. The highest BCUT2D eigenvalue weighted by atomic mass is 33.5. The first-order chi connectivity index (χ1) is 38.2. The molecular weight excluding hydrogens is 1970 g/mol. The third-order valence-corrected chi connectivity index (χ3v) is 112. The second-order valence-electron chi connectivity index (χ2n) is 11.6. The van der Waals surface area contributed by atoms with Crippen LogP contribution in [0.1, 0.15) is 35.1 Å². The van der Waals surface area contributed by atoms with Gasteiger partial charge in [-0.25, -0.2) is 0 Å². The monoisotopic (exact) mass is 1990 g/mol. The molecule has 0 aliphatic carbocycles. The molecule has 2 aromatic heterocycles. The SMILES string of the molecule is C.CC1(C)OB(c2ccc3c(ccn4c5ccccc5c(=O)nc34)c2)OC1(C)C.S=S=S=S=S=S=S=S=S=S=S=S=S=S=S=S=S=S=S=S=S=S=S=S=S=S=S=S=S=S=S=S=S=S=S=S=S=S=S=S=S=S=S=S=S=S=S=S=S=S. The molecule has 0 amide bonds. The van der Waals surface area contributed by atoms with Crippen LogP contribution in [0.2, 0.25) is 0 Å². The van der Waals surface area contributed by atoms with E-state index < -0.39 is 7.12 Å². The van der Waals surface area contributed by atoms with Crippen LogP contribution in [-0.2, 0) is 458 Å². The first-order valence-electron chi connectivity index (χ1n) is 17.6. The molecule has 0 spiro atoms. The van der Waals surface area contributed by atoms with Gasteiger partial charge in [0, 0.05) is 460 Å². The fraction of sp³-hybridized carbons (Fsp3) is 0.304. The minimum Gasteiger partial charge on any atom is -0.399 e. The van der Waals surface area contributed by atoms with Crippen LogP contribution in [0.25, 0.3) is 27.3 Å². The van der Waals surface area contributed by atoms with Gasteiger partial charge < -0.3 is 13.7 Å². The zero-order chi connectivity index (χ0) is 55.6. The number of hydrogen-bond acceptors (Lipinski definition) is 6. The van der Waals surface area contributed by atoms with Gasteiger partial charge in [0.05, 0.1) is 22.1 Å². The largest absolute Gasteiger partial charge is 0.494 e. The van der Waals surface area contributed by atoms with Crippen molar-refractivity contribution in [1.82, 2.24) is 9.38 Å². The van der Waals surface area contributed by atoms with Crippen molar-refractivity contribution in [2.45, 2.75) is 46.3 Å². The average Bonchev–Trinajstić information content (AvgIpc) is 3.80. The molecule has 1 aliphatic rings. The van der Waals surface area contributed by atoms with Crippen molar-refractivity contribution in [1.29, 1.82) is 0 Å².